The van der Waals surface area contributed by atoms with E-state index in [0.717, 1.165) is 19.4 Å². The minimum absolute atomic E-state index is 0.0382. The van der Waals surface area contributed by atoms with Crippen LogP contribution in [-0.4, -0.2) is 44.2 Å². The molecule has 1 atom stereocenters. The van der Waals surface area contributed by atoms with E-state index in [4.69, 9.17) is 15.2 Å². The zero-order valence-electron chi connectivity index (χ0n) is 11.4. The highest BCUT2D eigenvalue weighted by molar-refractivity contribution is 5.98. The fourth-order valence-corrected chi connectivity index (χ4v) is 2.56. The lowest BCUT2D eigenvalue weighted by molar-refractivity contribution is 0.0737. The predicted molar refractivity (Wildman–Crippen MR) is 72.7 cm³/mol. The summed E-state index contributed by atoms with van der Waals surface area (Å²) in [5.74, 6) is 1.01. The second-order valence-corrected chi connectivity index (χ2v) is 4.57. The Hall–Kier alpha value is -1.75. The normalized spacial score (nSPS) is 18.5. The summed E-state index contributed by atoms with van der Waals surface area (Å²) in [5.41, 5.74) is 6.25. The quantitative estimate of drug-likeness (QED) is 0.889. The topological polar surface area (TPSA) is 64.8 Å². The molecule has 1 amide bonds. The number of methoxy groups -OCH3 is 2. The van der Waals surface area contributed by atoms with E-state index in [9.17, 15) is 4.79 Å². The number of para-hydroxylation sites is 1. The summed E-state index contributed by atoms with van der Waals surface area (Å²) in [6.45, 7) is 1.25. The molecule has 1 fully saturated rings. The van der Waals surface area contributed by atoms with E-state index in [1.165, 1.54) is 0 Å². The van der Waals surface area contributed by atoms with Gasteiger partial charge in [-0.05, 0) is 25.0 Å². The molecule has 0 spiro atoms. The van der Waals surface area contributed by atoms with Crippen molar-refractivity contribution >= 4 is 5.91 Å². The number of rotatable bonds is 4. The number of nitrogens with two attached hydrogens (primary N) is 1. The summed E-state index contributed by atoms with van der Waals surface area (Å²) < 4.78 is 10.5. The third kappa shape index (κ3) is 2.51. The van der Waals surface area contributed by atoms with E-state index in [1.54, 1.807) is 32.4 Å². The van der Waals surface area contributed by atoms with Gasteiger partial charge in [0.25, 0.3) is 5.91 Å². The number of nitrogens with zero attached hydrogens (tertiary/aromatic N) is 1. The Morgan fingerprint density at radius 3 is 2.84 bits per heavy atom. The van der Waals surface area contributed by atoms with Crippen molar-refractivity contribution in [3.8, 4) is 11.5 Å². The lowest BCUT2D eigenvalue weighted by atomic mass is 10.1. The van der Waals surface area contributed by atoms with Crippen molar-refractivity contribution in [2.24, 2.45) is 5.73 Å². The monoisotopic (exact) mass is 264 g/mol. The van der Waals surface area contributed by atoms with Gasteiger partial charge >= 0.3 is 0 Å². The van der Waals surface area contributed by atoms with Gasteiger partial charge < -0.3 is 20.1 Å². The van der Waals surface area contributed by atoms with E-state index in [2.05, 4.69) is 0 Å². The third-order valence-corrected chi connectivity index (χ3v) is 3.54. The van der Waals surface area contributed by atoms with Gasteiger partial charge in [0.2, 0.25) is 0 Å². The molecule has 1 aromatic carbocycles. The van der Waals surface area contributed by atoms with Crippen LogP contribution in [0.15, 0.2) is 18.2 Å². The van der Waals surface area contributed by atoms with Gasteiger partial charge in [-0.25, -0.2) is 0 Å². The molecule has 2 N–H and O–H groups in total. The van der Waals surface area contributed by atoms with Crippen LogP contribution in [0.5, 0.6) is 11.5 Å². The van der Waals surface area contributed by atoms with Gasteiger partial charge in [-0.3, -0.25) is 4.79 Å². The molecule has 0 saturated carbocycles. The van der Waals surface area contributed by atoms with Gasteiger partial charge in [0.15, 0.2) is 11.5 Å². The second kappa shape index (κ2) is 5.93. The average Bonchev–Trinajstić information content (AvgIpc) is 2.93. The molecule has 0 radical (unpaired) electrons. The van der Waals surface area contributed by atoms with Crippen molar-refractivity contribution in [2.45, 2.75) is 18.9 Å². The van der Waals surface area contributed by atoms with Crippen LogP contribution in [0, 0.1) is 0 Å². The highest BCUT2D eigenvalue weighted by Gasteiger charge is 2.30. The number of likely N-dealkylation sites (tertiary alicyclic amines) is 1. The molecule has 0 aromatic heterocycles. The molecular formula is C14H20N2O3. The van der Waals surface area contributed by atoms with E-state index >= 15 is 0 Å². The van der Waals surface area contributed by atoms with Crippen molar-refractivity contribution in [2.75, 3.05) is 27.3 Å². The molecule has 1 saturated heterocycles. The van der Waals surface area contributed by atoms with Gasteiger partial charge in [0.05, 0.1) is 19.8 Å². The van der Waals surface area contributed by atoms with Crippen molar-refractivity contribution in [1.29, 1.82) is 0 Å². The van der Waals surface area contributed by atoms with Crippen LogP contribution in [-0.2, 0) is 0 Å². The van der Waals surface area contributed by atoms with Gasteiger partial charge in [0.1, 0.15) is 0 Å². The zero-order valence-corrected chi connectivity index (χ0v) is 11.4. The number of amides is 1. The van der Waals surface area contributed by atoms with Crippen LogP contribution in [0.25, 0.3) is 0 Å². The molecule has 0 bridgehead atoms. The number of benzene rings is 1. The number of ether oxygens (including phenoxy) is 2. The lowest BCUT2D eigenvalue weighted by Gasteiger charge is -2.24. The van der Waals surface area contributed by atoms with Crippen molar-refractivity contribution in [3.63, 3.8) is 0 Å². The average molecular weight is 264 g/mol. The molecule has 104 valence electrons. The Kier molecular flexibility index (Phi) is 4.27. The van der Waals surface area contributed by atoms with E-state index < -0.39 is 0 Å². The minimum atomic E-state index is -0.0382. The number of hydrogen-bond donors (Lipinski definition) is 1. The van der Waals surface area contributed by atoms with Crippen LogP contribution >= 0.6 is 0 Å². The number of carbonyl (C=O) groups excluding carboxylic acids is 1. The fraction of sp³-hybridized carbons (Fsp3) is 0.500. The first-order valence-corrected chi connectivity index (χ1v) is 6.45. The highest BCUT2D eigenvalue weighted by atomic mass is 16.5. The molecule has 1 unspecified atom stereocenters. The lowest BCUT2D eigenvalue weighted by Crippen LogP contribution is -2.40. The molecule has 1 aliphatic heterocycles. The SMILES string of the molecule is COc1cccc(C(=O)N2CCCC2CN)c1OC. The van der Waals surface area contributed by atoms with Crippen LogP contribution in [0.1, 0.15) is 23.2 Å². The summed E-state index contributed by atoms with van der Waals surface area (Å²) in [6.07, 6.45) is 1.97. The third-order valence-electron chi connectivity index (χ3n) is 3.54. The highest BCUT2D eigenvalue weighted by Crippen LogP contribution is 2.32. The van der Waals surface area contributed by atoms with Gasteiger partial charge in [-0.15, -0.1) is 0 Å². The molecule has 1 aromatic rings. The summed E-state index contributed by atoms with van der Waals surface area (Å²) in [5, 5.41) is 0. The number of hydrogen-bond acceptors (Lipinski definition) is 4. The van der Waals surface area contributed by atoms with E-state index in [0.29, 0.717) is 23.6 Å². The van der Waals surface area contributed by atoms with Crippen LogP contribution in [0.2, 0.25) is 0 Å². The van der Waals surface area contributed by atoms with Gasteiger partial charge in [-0.1, -0.05) is 6.07 Å². The summed E-state index contributed by atoms with van der Waals surface area (Å²) in [7, 11) is 3.10. The number of carbonyl (C=O) groups is 1. The van der Waals surface area contributed by atoms with E-state index in [-0.39, 0.29) is 11.9 Å². The largest absolute Gasteiger partial charge is 0.493 e. The molecule has 5 heteroatoms. The van der Waals surface area contributed by atoms with Crippen molar-refractivity contribution in [3.05, 3.63) is 23.8 Å². The van der Waals surface area contributed by atoms with Gasteiger partial charge in [0, 0.05) is 19.1 Å². The Balaban J connectivity index is 2.33. The molecule has 1 aliphatic rings. The molecular weight excluding hydrogens is 244 g/mol. The maximum Gasteiger partial charge on any atom is 0.258 e. The van der Waals surface area contributed by atoms with Crippen LogP contribution in [0.3, 0.4) is 0 Å². The minimum Gasteiger partial charge on any atom is -0.493 e. The molecule has 19 heavy (non-hydrogen) atoms. The van der Waals surface area contributed by atoms with Crippen molar-refractivity contribution < 1.29 is 14.3 Å². The molecule has 1 heterocycles. The Morgan fingerprint density at radius 1 is 1.42 bits per heavy atom. The Bertz CT molecular complexity index is 462. The Morgan fingerprint density at radius 2 is 2.21 bits per heavy atom. The second-order valence-electron chi connectivity index (χ2n) is 4.57. The standard InChI is InChI=1S/C14H20N2O3/c1-18-12-7-3-6-11(13(12)19-2)14(17)16-8-4-5-10(16)9-15/h3,6-7,10H,4-5,8-9,15H2,1-2H3. The predicted octanol–water partition coefficient (Wildman–Crippen LogP) is 1.27. The van der Waals surface area contributed by atoms with Crippen LogP contribution < -0.4 is 15.2 Å². The molecule has 5 nitrogen and oxygen atoms in total. The first-order valence-electron chi connectivity index (χ1n) is 6.45. The van der Waals surface area contributed by atoms with Crippen LogP contribution in [0.4, 0.5) is 0 Å². The maximum atomic E-state index is 12.6. The zero-order chi connectivity index (χ0) is 13.8. The van der Waals surface area contributed by atoms with Gasteiger partial charge in [-0.2, -0.15) is 0 Å². The van der Waals surface area contributed by atoms with E-state index in [1.807, 2.05) is 4.90 Å². The summed E-state index contributed by atoms with van der Waals surface area (Å²) >= 11 is 0. The fourth-order valence-electron chi connectivity index (χ4n) is 2.56. The molecule has 0 aliphatic carbocycles. The first kappa shape index (κ1) is 13.7. The Labute approximate surface area is 113 Å². The smallest absolute Gasteiger partial charge is 0.258 e. The molecule has 2 rings (SSSR count). The summed E-state index contributed by atoms with van der Waals surface area (Å²) in [4.78, 5) is 14.4. The first-order chi connectivity index (χ1) is 9.22. The maximum absolute atomic E-state index is 12.6. The van der Waals surface area contributed by atoms with Crippen molar-refractivity contribution in [1.82, 2.24) is 4.90 Å². The summed E-state index contributed by atoms with van der Waals surface area (Å²) in [6, 6.07) is 5.46.